The monoisotopic (exact) mass is 197 g/mol. The molecule has 2 rings (SSSR count). The molecule has 0 bridgehead atoms. The van der Waals surface area contributed by atoms with Crippen molar-refractivity contribution in [2.75, 3.05) is 0 Å². The van der Waals surface area contributed by atoms with Crippen LogP contribution in [0, 0.1) is 0 Å². The van der Waals surface area contributed by atoms with Crippen LogP contribution in [0.5, 0.6) is 0 Å². The van der Waals surface area contributed by atoms with Crippen molar-refractivity contribution in [3.05, 3.63) is 28.5 Å². The standard InChI is InChI=1S/C8H8BrN/c9-8-3-4-10-5-7(8)6-1-2-6/h3-6H,1-2H2. The number of rotatable bonds is 1. The van der Waals surface area contributed by atoms with E-state index in [-0.39, 0.29) is 0 Å². The van der Waals surface area contributed by atoms with Crippen LogP contribution in [0.2, 0.25) is 0 Å². The van der Waals surface area contributed by atoms with E-state index in [1.807, 2.05) is 18.5 Å². The Bertz CT molecular complexity index is 243. The van der Waals surface area contributed by atoms with Gasteiger partial charge in [-0.2, -0.15) is 0 Å². The van der Waals surface area contributed by atoms with Gasteiger partial charge in [0.2, 0.25) is 0 Å². The Hall–Kier alpha value is -0.370. The van der Waals surface area contributed by atoms with Gasteiger partial charge >= 0.3 is 0 Å². The van der Waals surface area contributed by atoms with E-state index in [2.05, 4.69) is 20.9 Å². The van der Waals surface area contributed by atoms with Gasteiger partial charge in [-0.3, -0.25) is 4.98 Å². The van der Waals surface area contributed by atoms with Crippen LogP contribution in [-0.4, -0.2) is 4.98 Å². The van der Waals surface area contributed by atoms with Gasteiger partial charge in [-0.15, -0.1) is 0 Å². The molecule has 0 unspecified atom stereocenters. The van der Waals surface area contributed by atoms with Crippen molar-refractivity contribution in [1.29, 1.82) is 0 Å². The lowest BCUT2D eigenvalue weighted by molar-refractivity contribution is 1.08. The second-order valence-electron chi connectivity index (χ2n) is 2.67. The first kappa shape index (κ1) is 6.35. The molecule has 1 fully saturated rings. The van der Waals surface area contributed by atoms with Crippen molar-refractivity contribution in [3.63, 3.8) is 0 Å². The first-order valence-electron chi connectivity index (χ1n) is 3.47. The molecule has 0 amide bonds. The van der Waals surface area contributed by atoms with E-state index in [1.54, 1.807) is 0 Å². The molecule has 1 aliphatic carbocycles. The summed E-state index contributed by atoms with van der Waals surface area (Å²) in [6.07, 6.45) is 6.45. The van der Waals surface area contributed by atoms with Crippen molar-refractivity contribution in [3.8, 4) is 0 Å². The van der Waals surface area contributed by atoms with Gasteiger partial charge in [0.1, 0.15) is 0 Å². The fourth-order valence-electron chi connectivity index (χ4n) is 1.08. The Labute approximate surface area is 68.6 Å². The summed E-state index contributed by atoms with van der Waals surface area (Å²) < 4.78 is 1.21. The fourth-order valence-corrected chi connectivity index (χ4v) is 1.63. The van der Waals surface area contributed by atoms with Gasteiger partial charge in [0.25, 0.3) is 0 Å². The number of hydrogen-bond acceptors (Lipinski definition) is 1. The van der Waals surface area contributed by atoms with Crippen LogP contribution in [0.4, 0.5) is 0 Å². The van der Waals surface area contributed by atoms with Crippen molar-refractivity contribution in [2.24, 2.45) is 0 Å². The number of aromatic nitrogens is 1. The quantitative estimate of drug-likeness (QED) is 0.675. The topological polar surface area (TPSA) is 12.9 Å². The van der Waals surface area contributed by atoms with Gasteiger partial charge < -0.3 is 0 Å². The van der Waals surface area contributed by atoms with Gasteiger partial charge in [0.15, 0.2) is 0 Å². The molecule has 0 spiro atoms. The lowest BCUT2D eigenvalue weighted by atomic mass is 10.2. The molecule has 0 radical (unpaired) electrons. The minimum Gasteiger partial charge on any atom is -0.264 e. The second kappa shape index (κ2) is 2.35. The van der Waals surface area contributed by atoms with Gasteiger partial charge in [-0.1, -0.05) is 15.9 Å². The largest absolute Gasteiger partial charge is 0.264 e. The van der Waals surface area contributed by atoms with E-state index in [1.165, 1.54) is 22.9 Å². The van der Waals surface area contributed by atoms with Crippen molar-refractivity contribution < 1.29 is 0 Å². The van der Waals surface area contributed by atoms with Crippen LogP contribution >= 0.6 is 15.9 Å². The highest BCUT2D eigenvalue weighted by molar-refractivity contribution is 9.10. The Morgan fingerprint density at radius 1 is 1.50 bits per heavy atom. The van der Waals surface area contributed by atoms with Crippen LogP contribution in [0.3, 0.4) is 0 Å². The van der Waals surface area contributed by atoms with E-state index >= 15 is 0 Å². The predicted molar refractivity (Wildman–Crippen MR) is 43.9 cm³/mol. The smallest absolute Gasteiger partial charge is 0.0313 e. The third kappa shape index (κ3) is 1.08. The first-order chi connectivity index (χ1) is 4.88. The van der Waals surface area contributed by atoms with Crippen LogP contribution < -0.4 is 0 Å². The van der Waals surface area contributed by atoms with Gasteiger partial charge in [0, 0.05) is 16.9 Å². The maximum Gasteiger partial charge on any atom is 0.0313 e. The van der Waals surface area contributed by atoms with E-state index in [4.69, 9.17) is 0 Å². The molecule has 1 saturated carbocycles. The Morgan fingerprint density at radius 3 is 2.90 bits per heavy atom. The van der Waals surface area contributed by atoms with E-state index < -0.39 is 0 Å². The number of nitrogens with zero attached hydrogens (tertiary/aromatic N) is 1. The molecular formula is C8H8BrN. The van der Waals surface area contributed by atoms with E-state index in [0.29, 0.717) is 0 Å². The lowest BCUT2D eigenvalue weighted by Gasteiger charge is -1.97. The molecule has 1 heterocycles. The van der Waals surface area contributed by atoms with Gasteiger partial charge in [0.05, 0.1) is 0 Å². The van der Waals surface area contributed by atoms with Crippen LogP contribution in [-0.2, 0) is 0 Å². The van der Waals surface area contributed by atoms with Crippen LogP contribution in [0.1, 0.15) is 24.3 Å². The molecule has 2 heteroatoms. The number of halogens is 1. The first-order valence-corrected chi connectivity index (χ1v) is 4.26. The SMILES string of the molecule is Brc1ccncc1C1CC1. The van der Waals surface area contributed by atoms with Gasteiger partial charge in [-0.05, 0) is 30.4 Å². The normalized spacial score (nSPS) is 17.3. The van der Waals surface area contributed by atoms with Crippen LogP contribution in [0.15, 0.2) is 22.9 Å². The second-order valence-corrected chi connectivity index (χ2v) is 3.53. The van der Waals surface area contributed by atoms with Crippen molar-refractivity contribution in [2.45, 2.75) is 18.8 Å². The zero-order valence-electron chi connectivity index (χ0n) is 5.55. The fraction of sp³-hybridized carbons (Fsp3) is 0.375. The van der Waals surface area contributed by atoms with Crippen molar-refractivity contribution in [1.82, 2.24) is 4.98 Å². The summed E-state index contributed by atoms with van der Waals surface area (Å²) in [5, 5.41) is 0. The Kier molecular flexibility index (Phi) is 1.49. The minimum absolute atomic E-state index is 0.795. The molecule has 0 aromatic carbocycles. The van der Waals surface area contributed by atoms with E-state index in [9.17, 15) is 0 Å². The predicted octanol–water partition coefficient (Wildman–Crippen LogP) is 2.72. The summed E-state index contributed by atoms with van der Waals surface area (Å²) in [6.45, 7) is 0. The average Bonchev–Trinajstić information content (AvgIpc) is 2.71. The maximum absolute atomic E-state index is 4.08. The molecule has 0 aliphatic heterocycles. The molecule has 52 valence electrons. The summed E-state index contributed by atoms with van der Waals surface area (Å²) >= 11 is 3.50. The summed E-state index contributed by atoms with van der Waals surface area (Å²) in [7, 11) is 0. The van der Waals surface area contributed by atoms with Crippen LogP contribution in [0.25, 0.3) is 0 Å². The molecule has 0 N–H and O–H groups in total. The summed E-state index contributed by atoms with van der Waals surface area (Å²) in [5.41, 5.74) is 1.38. The molecule has 1 aromatic heterocycles. The highest BCUT2D eigenvalue weighted by atomic mass is 79.9. The Morgan fingerprint density at radius 2 is 2.30 bits per heavy atom. The minimum atomic E-state index is 0.795. The highest BCUT2D eigenvalue weighted by Gasteiger charge is 2.25. The maximum atomic E-state index is 4.08. The highest BCUT2D eigenvalue weighted by Crippen LogP contribution is 2.42. The molecule has 0 saturated heterocycles. The zero-order valence-corrected chi connectivity index (χ0v) is 7.13. The third-order valence-electron chi connectivity index (χ3n) is 1.81. The summed E-state index contributed by atoms with van der Waals surface area (Å²) in [5.74, 6) is 0.795. The van der Waals surface area contributed by atoms with Crippen molar-refractivity contribution >= 4 is 15.9 Å². The molecular weight excluding hydrogens is 190 g/mol. The Balaban J connectivity index is 2.39. The molecule has 1 aliphatic rings. The lowest BCUT2D eigenvalue weighted by Crippen LogP contribution is -1.81. The molecule has 1 aromatic rings. The zero-order chi connectivity index (χ0) is 6.97. The third-order valence-corrected chi connectivity index (χ3v) is 2.54. The average molecular weight is 198 g/mol. The van der Waals surface area contributed by atoms with E-state index in [0.717, 1.165) is 5.92 Å². The number of hydrogen-bond donors (Lipinski definition) is 0. The molecule has 10 heavy (non-hydrogen) atoms. The summed E-state index contributed by atoms with van der Waals surface area (Å²) in [6, 6.07) is 2.01. The molecule has 0 atom stereocenters. The van der Waals surface area contributed by atoms with Gasteiger partial charge in [-0.25, -0.2) is 0 Å². The number of pyridine rings is 1. The molecule has 1 nitrogen and oxygen atoms in total. The summed E-state index contributed by atoms with van der Waals surface area (Å²) in [4.78, 5) is 4.08.